The van der Waals surface area contributed by atoms with E-state index in [1.807, 2.05) is 48.3 Å². The Labute approximate surface area is 190 Å². The van der Waals surface area contributed by atoms with Gasteiger partial charge in [0.05, 0.1) is 11.3 Å². The number of para-hydroxylation sites is 1. The third-order valence-corrected chi connectivity index (χ3v) is 6.97. The van der Waals surface area contributed by atoms with Crippen LogP contribution in [0.3, 0.4) is 0 Å². The fourth-order valence-electron chi connectivity index (χ4n) is 4.51. The van der Waals surface area contributed by atoms with Gasteiger partial charge in [0.2, 0.25) is 0 Å². The van der Waals surface area contributed by atoms with E-state index < -0.39 is 5.97 Å². The average molecular weight is 445 g/mol. The van der Waals surface area contributed by atoms with Gasteiger partial charge >= 0.3 is 5.97 Å². The maximum atomic E-state index is 12.7. The molecule has 1 aromatic carbocycles. The Morgan fingerprint density at radius 2 is 2.19 bits per heavy atom. The van der Waals surface area contributed by atoms with Gasteiger partial charge in [-0.25, -0.2) is 9.78 Å². The Morgan fingerprint density at radius 1 is 1.34 bits per heavy atom. The highest BCUT2D eigenvalue weighted by molar-refractivity contribution is 7.08. The van der Waals surface area contributed by atoms with E-state index in [-0.39, 0.29) is 5.92 Å². The summed E-state index contributed by atoms with van der Waals surface area (Å²) in [6.07, 6.45) is 5.64. The number of nitrogens with zero attached hydrogens (tertiary/aromatic N) is 4. The smallest absolute Gasteiger partial charge is 0.347 e. The molecular weight excluding hydrogens is 420 g/mol. The van der Waals surface area contributed by atoms with E-state index in [0.717, 1.165) is 53.0 Å². The van der Waals surface area contributed by atoms with Crippen LogP contribution in [0.5, 0.6) is 0 Å². The number of rotatable bonds is 5. The molecule has 1 aliphatic carbocycles. The summed E-state index contributed by atoms with van der Waals surface area (Å²) in [6.45, 7) is 6.62. The van der Waals surface area contributed by atoms with Gasteiger partial charge in [-0.05, 0) is 48.2 Å². The monoisotopic (exact) mass is 444 g/mol. The molecule has 0 bridgehead atoms. The molecule has 0 N–H and O–H groups in total. The van der Waals surface area contributed by atoms with Crippen molar-refractivity contribution in [2.75, 3.05) is 0 Å². The van der Waals surface area contributed by atoms with Crippen LogP contribution in [0.25, 0.3) is 16.5 Å². The van der Waals surface area contributed by atoms with Crippen molar-refractivity contribution < 1.29 is 9.63 Å². The van der Waals surface area contributed by atoms with Crippen LogP contribution in [0.15, 0.2) is 65.2 Å². The zero-order valence-corrected chi connectivity index (χ0v) is 18.9. The Morgan fingerprint density at radius 3 is 2.94 bits per heavy atom. The lowest BCUT2D eigenvalue weighted by molar-refractivity contribution is -0.136. The van der Waals surface area contributed by atoms with E-state index in [1.54, 1.807) is 0 Å². The van der Waals surface area contributed by atoms with E-state index >= 15 is 0 Å². The number of aromatic nitrogens is 3. The number of benzene rings is 1. The van der Waals surface area contributed by atoms with Gasteiger partial charge in [0.25, 0.3) is 0 Å². The van der Waals surface area contributed by atoms with Crippen LogP contribution in [-0.2, 0) is 29.6 Å². The summed E-state index contributed by atoms with van der Waals surface area (Å²) in [4.78, 5) is 22.5. The standard InChI is InChI=1S/C25H24N4O2S/c1-16(19-10-13-32-15-19)25(30)31-27-24-18(14-29-12-11-26-17(29)2)8-9-22-23(24)20-6-4-5-7-21(20)28(22)3/h4-7,10-13,15,18H,1,8-9,14H2,2-3H3/b27-24+. The van der Waals surface area contributed by atoms with Crippen LogP contribution in [0.1, 0.15) is 29.1 Å². The molecule has 0 saturated carbocycles. The number of aryl methyl sites for hydroxylation is 2. The minimum Gasteiger partial charge on any atom is -0.347 e. The molecule has 0 amide bonds. The molecule has 0 radical (unpaired) electrons. The lowest BCUT2D eigenvalue weighted by Crippen LogP contribution is -2.28. The highest BCUT2D eigenvalue weighted by Crippen LogP contribution is 2.35. The summed E-state index contributed by atoms with van der Waals surface area (Å²) in [6, 6.07) is 10.2. The van der Waals surface area contributed by atoms with Crippen LogP contribution in [0, 0.1) is 12.8 Å². The van der Waals surface area contributed by atoms with E-state index in [2.05, 4.69) is 45.0 Å². The Bertz CT molecular complexity index is 1340. The fourth-order valence-corrected chi connectivity index (χ4v) is 5.18. The first kappa shape index (κ1) is 20.5. The summed E-state index contributed by atoms with van der Waals surface area (Å²) in [5.41, 5.74) is 5.33. The average Bonchev–Trinajstić information content (AvgIpc) is 3.54. The summed E-state index contributed by atoms with van der Waals surface area (Å²) in [5, 5.41) is 9.39. The summed E-state index contributed by atoms with van der Waals surface area (Å²) in [5.74, 6) is 0.528. The van der Waals surface area contributed by atoms with Gasteiger partial charge in [-0.15, -0.1) is 0 Å². The molecule has 7 heteroatoms. The van der Waals surface area contributed by atoms with Crippen LogP contribution < -0.4 is 0 Å². The van der Waals surface area contributed by atoms with Crippen molar-refractivity contribution in [1.82, 2.24) is 14.1 Å². The number of hydrogen-bond acceptors (Lipinski definition) is 5. The second-order valence-electron chi connectivity index (χ2n) is 8.11. The molecule has 0 fully saturated rings. The first-order valence-corrected chi connectivity index (χ1v) is 11.5. The molecule has 32 heavy (non-hydrogen) atoms. The number of imidazole rings is 1. The molecule has 6 nitrogen and oxygen atoms in total. The second kappa shape index (κ2) is 8.24. The second-order valence-corrected chi connectivity index (χ2v) is 8.89. The van der Waals surface area contributed by atoms with Crippen molar-refractivity contribution in [3.05, 3.63) is 82.7 Å². The number of carbonyl (C=O) groups is 1. The van der Waals surface area contributed by atoms with Crippen molar-refractivity contribution in [3.63, 3.8) is 0 Å². The predicted octanol–water partition coefficient (Wildman–Crippen LogP) is 4.97. The first-order chi connectivity index (χ1) is 15.5. The summed E-state index contributed by atoms with van der Waals surface area (Å²) >= 11 is 1.51. The normalized spacial score (nSPS) is 16.9. The SMILES string of the molecule is C=C(C(=O)O/N=C1/c2c(n(C)c3ccccc23)CCC1Cn1ccnc1C)c1ccsc1. The molecule has 1 unspecified atom stereocenters. The van der Waals surface area contributed by atoms with Gasteiger partial charge in [-0.2, -0.15) is 11.3 Å². The van der Waals surface area contributed by atoms with Crippen molar-refractivity contribution in [2.24, 2.45) is 18.1 Å². The van der Waals surface area contributed by atoms with E-state index in [9.17, 15) is 4.79 Å². The number of fused-ring (bicyclic) bond motifs is 3. The van der Waals surface area contributed by atoms with Crippen LogP contribution in [0.4, 0.5) is 0 Å². The zero-order chi connectivity index (χ0) is 22.2. The first-order valence-electron chi connectivity index (χ1n) is 10.6. The van der Waals surface area contributed by atoms with Crippen molar-refractivity contribution in [2.45, 2.75) is 26.3 Å². The molecule has 1 aliphatic rings. The molecule has 4 aromatic rings. The third-order valence-electron chi connectivity index (χ3n) is 6.28. The fraction of sp³-hybridized carbons (Fsp3) is 0.240. The highest BCUT2D eigenvalue weighted by atomic mass is 32.1. The molecule has 3 aromatic heterocycles. The predicted molar refractivity (Wildman–Crippen MR) is 128 cm³/mol. The van der Waals surface area contributed by atoms with Gasteiger partial charge in [0.1, 0.15) is 5.82 Å². The summed E-state index contributed by atoms with van der Waals surface area (Å²) < 4.78 is 4.35. The number of carbonyl (C=O) groups excluding carboxylic acids is 1. The minimum atomic E-state index is -0.527. The molecule has 0 aliphatic heterocycles. The van der Waals surface area contributed by atoms with E-state index in [1.165, 1.54) is 17.0 Å². The van der Waals surface area contributed by atoms with E-state index in [0.29, 0.717) is 5.57 Å². The molecule has 0 saturated heterocycles. The maximum Gasteiger partial charge on any atom is 0.365 e. The van der Waals surface area contributed by atoms with Gasteiger partial charge < -0.3 is 14.0 Å². The molecule has 162 valence electrons. The lowest BCUT2D eigenvalue weighted by Gasteiger charge is -2.25. The zero-order valence-electron chi connectivity index (χ0n) is 18.1. The Balaban J connectivity index is 1.55. The van der Waals surface area contributed by atoms with Crippen LogP contribution >= 0.6 is 11.3 Å². The largest absolute Gasteiger partial charge is 0.365 e. The third kappa shape index (κ3) is 3.48. The Hall–Kier alpha value is -3.45. The highest BCUT2D eigenvalue weighted by Gasteiger charge is 2.32. The van der Waals surface area contributed by atoms with Crippen molar-refractivity contribution in [1.29, 1.82) is 0 Å². The molecular formula is C25H24N4O2S. The van der Waals surface area contributed by atoms with Gasteiger partial charge in [-0.3, -0.25) is 0 Å². The molecule has 0 spiro atoms. The summed E-state index contributed by atoms with van der Waals surface area (Å²) in [7, 11) is 2.09. The maximum absolute atomic E-state index is 12.7. The van der Waals surface area contributed by atoms with E-state index in [4.69, 9.17) is 4.84 Å². The lowest BCUT2D eigenvalue weighted by atomic mass is 9.84. The van der Waals surface area contributed by atoms with Gasteiger partial charge in [0.15, 0.2) is 0 Å². The molecule has 3 heterocycles. The van der Waals surface area contributed by atoms with Crippen molar-refractivity contribution >= 4 is 39.5 Å². The number of thiophene rings is 1. The van der Waals surface area contributed by atoms with Gasteiger partial charge in [-0.1, -0.05) is 29.9 Å². The topological polar surface area (TPSA) is 61.4 Å². The Kier molecular flexibility index (Phi) is 5.27. The van der Waals surface area contributed by atoms with Gasteiger partial charge in [0, 0.05) is 54.1 Å². The molecule has 5 rings (SSSR count). The van der Waals surface area contributed by atoms with Crippen LogP contribution in [-0.4, -0.2) is 25.8 Å². The number of hydrogen-bond donors (Lipinski definition) is 0. The minimum absolute atomic E-state index is 0.100. The number of oxime groups is 1. The van der Waals surface area contributed by atoms with Crippen LogP contribution in [0.2, 0.25) is 0 Å². The quantitative estimate of drug-likeness (QED) is 0.248. The molecule has 1 atom stereocenters. The van der Waals surface area contributed by atoms with Crippen molar-refractivity contribution in [3.8, 4) is 0 Å².